The second kappa shape index (κ2) is 7.54. The summed E-state index contributed by atoms with van der Waals surface area (Å²) < 4.78 is 0. The molecule has 128 valence electrons. The zero-order valence-electron chi connectivity index (χ0n) is 14.2. The van der Waals surface area contributed by atoms with Crippen LogP contribution in [-0.4, -0.2) is 16.5 Å². The van der Waals surface area contributed by atoms with Crippen LogP contribution in [0, 0.1) is 0 Å². The van der Waals surface area contributed by atoms with Gasteiger partial charge in [0.2, 0.25) is 0 Å². The fraction of sp³-hybridized carbons (Fsp3) is 0.0909. The molecule has 3 aromatic carbocycles. The summed E-state index contributed by atoms with van der Waals surface area (Å²) in [4.78, 5) is 9.49. The highest BCUT2D eigenvalue weighted by molar-refractivity contribution is 6.30. The maximum absolute atomic E-state index is 5.95. The Bertz CT molecular complexity index is 1010. The minimum absolute atomic E-state index is 0.735. The Kier molecular flexibility index (Phi) is 4.80. The van der Waals surface area contributed by atoms with Crippen molar-refractivity contribution in [3.05, 3.63) is 89.4 Å². The van der Waals surface area contributed by atoms with Crippen LogP contribution in [0.5, 0.6) is 0 Å². The minimum atomic E-state index is 0.735. The van der Waals surface area contributed by atoms with Crippen molar-refractivity contribution in [2.45, 2.75) is 6.42 Å². The van der Waals surface area contributed by atoms with Gasteiger partial charge in [-0.3, -0.25) is 0 Å². The summed E-state index contributed by atoms with van der Waals surface area (Å²) in [6.45, 7) is 0.789. The molecule has 4 heteroatoms. The first-order chi connectivity index (χ1) is 12.8. The van der Waals surface area contributed by atoms with E-state index in [-0.39, 0.29) is 0 Å². The predicted molar refractivity (Wildman–Crippen MR) is 109 cm³/mol. The molecule has 0 fully saturated rings. The normalized spacial score (nSPS) is 10.8. The summed E-state index contributed by atoms with van der Waals surface area (Å²) in [5, 5.41) is 5.27. The van der Waals surface area contributed by atoms with E-state index in [0.29, 0.717) is 0 Å². The number of para-hydroxylation sites is 1. The molecule has 0 aliphatic carbocycles. The maximum atomic E-state index is 5.95. The Hall–Kier alpha value is -2.91. The molecule has 0 spiro atoms. The summed E-state index contributed by atoms with van der Waals surface area (Å²) in [5.74, 6) is 1.60. The molecule has 0 atom stereocenters. The molecule has 4 aromatic rings. The van der Waals surface area contributed by atoms with Crippen molar-refractivity contribution in [1.82, 2.24) is 9.97 Å². The average molecular weight is 360 g/mol. The van der Waals surface area contributed by atoms with E-state index in [0.717, 1.165) is 46.1 Å². The van der Waals surface area contributed by atoms with E-state index in [1.165, 1.54) is 5.56 Å². The van der Waals surface area contributed by atoms with Gasteiger partial charge >= 0.3 is 0 Å². The van der Waals surface area contributed by atoms with Gasteiger partial charge in [-0.2, -0.15) is 0 Å². The molecule has 0 unspecified atom stereocenters. The highest BCUT2D eigenvalue weighted by atomic mass is 35.5. The lowest BCUT2D eigenvalue weighted by atomic mass is 10.1. The molecular weight excluding hydrogens is 342 g/mol. The number of halogens is 1. The van der Waals surface area contributed by atoms with Crippen molar-refractivity contribution < 1.29 is 0 Å². The highest BCUT2D eigenvalue weighted by Crippen LogP contribution is 2.24. The van der Waals surface area contributed by atoms with E-state index in [1.54, 1.807) is 0 Å². The standard InChI is InChI=1S/C22H18ClN3/c23-18-12-10-16(11-13-18)14-15-24-22-19-8-4-5-9-20(19)25-21(26-22)17-6-2-1-3-7-17/h1-13H,14-15H2,(H,24,25,26). The molecule has 0 saturated carbocycles. The van der Waals surface area contributed by atoms with E-state index >= 15 is 0 Å². The molecule has 0 bridgehead atoms. The average Bonchev–Trinajstić information content (AvgIpc) is 2.70. The number of nitrogens with zero attached hydrogens (tertiary/aromatic N) is 2. The molecular formula is C22H18ClN3. The highest BCUT2D eigenvalue weighted by Gasteiger charge is 2.08. The molecule has 26 heavy (non-hydrogen) atoms. The Labute approximate surface area is 157 Å². The Morgan fingerprint density at radius 3 is 2.31 bits per heavy atom. The Morgan fingerprint density at radius 1 is 0.769 bits per heavy atom. The van der Waals surface area contributed by atoms with Gasteiger partial charge in [0.25, 0.3) is 0 Å². The van der Waals surface area contributed by atoms with Crippen molar-refractivity contribution >= 4 is 28.3 Å². The van der Waals surface area contributed by atoms with Crippen LogP contribution in [0.15, 0.2) is 78.9 Å². The van der Waals surface area contributed by atoms with Crippen LogP contribution in [0.1, 0.15) is 5.56 Å². The summed E-state index contributed by atoms with van der Waals surface area (Å²) in [7, 11) is 0. The third-order valence-corrected chi connectivity index (χ3v) is 4.51. The number of benzene rings is 3. The van der Waals surface area contributed by atoms with Crippen LogP contribution in [0.25, 0.3) is 22.3 Å². The molecule has 0 amide bonds. The van der Waals surface area contributed by atoms with Crippen LogP contribution in [0.4, 0.5) is 5.82 Å². The van der Waals surface area contributed by atoms with Crippen LogP contribution < -0.4 is 5.32 Å². The van der Waals surface area contributed by atoms with E-state index < -0.39 is 0 Å². The summed E-state index contributed by atoms with van der Waals surface area (Å²) in [6.07, 6.45) is 0.899. The van der Waals surface area contributed by atoms with Crippen LogP contribution in [-0.2, 0) is 6.42 Å². The molecule has 0 radical (unpaired) electrons. The molecule has 1 N–H and O–H groups in total. The molecule has 0 aliphatic rings. The largest absolute Gasteiger partial charge is 0.369 e. The second-order valence-electron chi connectivity index (χ2n) is 6.08. The number of hydrogen-bond acceptors (Lipinski definition) is 3. The summed E-state index contributed by atoms with van der Waals surface area (Å²) >= 11 is 5.95. The first-order valence-corrected chi connectivity index (χ1v) is 8.98. The SMILES string of the molecule is Clc1ccc(CCNc2nc(-c3ccccc3)nc3ccccc23)cc1. The summed E-state index contributed by atoms with van der Waals surface area (Å²) in [6, 6.07) is 26.1. The third-order valence-electron chi connectivity index (χ3n) is 4.25. The second-order valence-corrected chi connectivity index (χ2v) is 6.52. The first kappa shape index (κ1) is 16.6. The van der Waals surface area contributed by atoms with Gasteiger partial charge in [0.05, 0.1) is 5.52 Å². The lowest BCUT2D eigenvalue weighted by molar-refractivity contribution is 1.01. The fourth-order valence-electron chi connectivity index (χ4n) is 2.90. The Morgan fingerprint density at radius 2 is 1.50 bits per heavy atom. The maximum Gasteiger partial charge on any atom is 0.162 e. The minimum Gasteiger partial charge on any atom is -0.369 e. The number of nitrogens with one attached hydrogen (secondary N) is 1. The number of rotatable bonds is 5. The quantitative estimate of drug-likeness (QED) is 0.503. The van der Waals surface area contributed by atoms with Crippen LogP contribution >= 0.6 is 11.6 Å². The van der Waals surface area contributed by atoms with E-state index in [9.17, 15) is 0 Å². The van der Waals surface area contributed by atoms with Crippen LogP contribution in [0.2, 0.25) is 5.02 Å². The zero-order valence-corrected chi connectivity index (χ0v) is 14.9. The lowest BCUT2D eigenvalue weighted by Crippen LogP contribution is -2.08. The lowest BCUT2D eigenvalue weighted by Gasteiger charge is -2.11. The van der Waals surface area contributed by atoms with Gasteiger partial charge < -0.3 is 5.32 Å². The smallest absolute Gasteiger partial charge is 0.162 e. The van der Waals surface area contributed by atoms with E-state index in [1.807, 2.05) is 60.7 Å². The van der Waals surface area contributed by atoms with Gasteiger partial charge in [0.15, 0.2) is 5.82 Å². The predicted octanol–water partition coefficient (Wildman–Crippen LogP) is 5.60. The van der Waals surface area contributed by atoms with Gasteiger partial charge in [-0.15, -0.1) is 0 Å². The van der Waals surface area contributed by atoms with E-state index in [4.69, 9.17) is 21.6 Å². The number of aromatic nitrogens is 2. The topological polar surface area (TPSA) is 37.8 Å². The fourth-order valence-corrected chi connectivity index (χ4v) is 3.03. The number of fused-ring (bicyclic) bond motifs is 1. The van der Waals surface area contributed by atoms with Gasteiger partial charge in [0.1, 0.15) is 5.82 Å². The van der Waals surface area contributed by atoms with Crippen molar-refractivity contribution in [2.75, 3.05) is 11.9 Å². The molecule has 0 saturated heterocycles. The van der Waals surface area contributed by atoms with E-state index in [2.05, 4.69) is 23.5 Å². The van der Waals surface area contributed by atoms with Gasteiger partial charge in [0, 0.05) is 22.5 Å². The van der Waals surface area contributed by atoms with Crippen molar-refractivity contribution in [1.29, 1.82) is 0 Å². The molecule has 1 aromatic heterocycles. The summed E-state index contributed by atoms with van der Waals surface area (Å²) in [5.41, 5.74) is 3.19. The Balaban J connectivity index is 1.61. The number of hydrogen-bond donors (Lipinski definition) is 1. The third kappa shape index (κ3) is 3.68. The first-order valence-electron chi connectivity index (χ1n) is 8.60. The van der Waals surface area contributed by atoms with Crippen molar-refractivity contribution in [2.24, 2.45) is 0 Å². The van der Waals surface area contributed by atoms with Gasteiger partial charge in [-0.05, 0) is 36.2 Å². The van der Waals surface area contributed by atoms with Gasteiger partial charge in [-0.25, -0.2) is 9.97 Å². The monoisotopic (exact) mass is 359 g/mol. The molecule has 3 nitrogen and oxygen atoms in total. The van der Waals surface area contributed by atoms with Crippen molar-refractivity contribution in [3.63, 3.8) is 0 Å². The number of anilines is 1. The molecule has 1 heterocycles. The van der Waals surface area contributed by atoms with Crippen LogP contribution in [0.3, 0.4) is 0 Å². The zero-order chi connectivity index (χ0) is 17.8. The van der Waals surface area contributed by atoms with Crippen molar-refractivity contribution in [3.8, 4) is 11.4 Å². The molecule has 0 aliphatic heterocycles. The van der Waals surface area contributed by atoms with Gasteiger partial charge in [-0.1, -0.05) is 66.2 Å². The molecule has 4 rings (SSSR count).